The predicted molar refractivity (Wildman–Crippen MR) is 83.7 cm³/mol. The minimum atomic E-state index is -4.58. The molecule has 6 nitrogen and oxygen atoms in total. The summed E-state index contributed by atoms with van der Waals surface area (Å²) in [7, 11) is 0. The molecule has 24 heavy (non-hydrogen) atoms. The Balaban J connectivity index is 1.69. The molecule has 3 heterocycles. The van der Waals surface area contributed by atoms with Crippen LogP contribution in [0.4, 0.5) is 19.0 Å². The van der Waals surface area contributed by atoms with Gasteiger partial charge >= 0.3 is 6.18 Å². The maximum atomic E-state index is 12.9. The van der Waals surface area contributed by atoms with E-state index < -0.39 is 12.0 Å². The van der Waals surface area contributed by atoms with Crippen molar-refractivity contribution in [1.29, 1.82) is 0 Å². The first-order valence-electron chi connectivity index (χ1n) is 8.12. The van der Waals surface area contributed by atoms with Crippen molar-refractivity contribution in [2.45, 2.75) is 38.9 Å². The number of halogens is 3. The van der Waals surface area contributed by atoms with Crippen molar-refractivity contribution in [2.75, 3.05) is 25.0 Å². The van der Waals surface area contributed by atoms with Gasteiger partial charge in [-0.05, 0) is 44.4 Å². The Bertz CT molecular complexity index is 698. The van der Waals surface area contributed by atoms with Gasteiger partial charge in [0.1, 0.15) is 5.82 Å². The van der Waals surface area contributed by atoms with Gasteiger partial charge in [-0.3, -0.25) is 4.90 Å². The van der Waals surface area contributed by atoms with Gasteiger partial charge in [-0.15, -0.1) is 15.3 Å². The van der Waals surface area contributed by atoms with Gasteiger partial charge in [0, 0.05) is 19.1 Å². The molecule has 132 valence electrons. The fraction of sp³-hybridized carbons (Fsp3) is 0.667. The third-order valence-corrected chi connectivity index (χ3v) is 4.41. The second kappa shape index (κ2) is 6.54. The van der Waals surface area contributed by atoms with Crippen molar-refractivity contribution in [3.8, 4) is 0 Å². The molecule has 2 aromatic rings. The molecule has 1 aliphatic rings. The molecule has 0 spiro atoms. The summed E-state index contributed by atoms with van der Waals surface area (Å²) in [5.41, 5.74) is 0.0748. The Morgan fingerprint density at radius 1 is 1.33 bits per heavy atom. The lowest BCUT2D eigenvalue weighted by Crippen LogP contribution is -2.43. The van der Waals surface area contributed by atoms with Gasteiger partial charge in [-0.25, -0.2) is 0 Å². The van der Waals surface area contributed by atoms with Crippen LogP contribution in [-0.2, 0) is 6.18 Å². The van der Waals surface area contributed by atoms with Crippen molar-refractivity contribution in [1.82, 2.24) is 24.7 Å². The molecule has 2 aromatic heterocycles. The van der Waals surface area contributed by atoms with E-state index in [-0.39, 0.29) is 11.7 Å². The third-order valence-electron chi connectivity index (χ3n) is 4.41. The smallest absolute Gasteiger partial charge is 0.367 e. The van der Waals surface area contributed by atoms with Gasteiger partial charge in [0.05, 0.1) is 0 Å². The number of hydrogen-bond donors (Lipinski definition) is 1. The number of nitrogens with zero attached hydrogens (tertiary/aromatic N) is 5. The largest absolute Gasteiger partial charge is 0.453 e. The average Bonchev–Trinajstić information content (AvgIpc) is 2.96. The second-order valence-electron chi connectivity index (χ2n) is 6.48. The van der Waals surface area contributed by atoms with Crippen LogP contribution in [0.5, 0.6) is 0 Å². The predicted octanol–water partition coefficient (Wildman–Crippen LogP) is 2.68. The van der Waals surface area contributed by atoms with Gasteiger partial charge in [-0.1, -0.05) is 6.92 Å². The fourth-order valence-corrected chi connectivity index (χ4v) is 3.07. The van der Waals surface area contributed by atoms with Gasteiger partial charge in [-0.2, -0.15) is 17.7 Å². The molecule has 1 saturated heterocycles. The number of piperidine rings is 1. The number of aromatic nitrogens is 4. The van der Waals surface area contributed by atoms with E-state index in [2.05, 4.69) is 39.4 Å². The summed E-state index contributed by atoms with van der Waals surface area (Å²) >= 11 is 0. The van der Waals surface area contributed by atoms with E-state index in [4.69, 9.17) is 0 Å². The van der Waals surface area contributed by atoms with E-state index in [1.807, 2.05) is 0 Å². The zero-order valence-corrected chi connectivity index (χ0v) is 13.7. The monoisotopic (exact) mass is 342 g/mol. The number of likely N-dealkylation sites (tertiary alicyclic amines) is 1. The van der Waals surface area contributed by atoms with Crippen molar-refractivity contribution in [3.63, 3.8) is 0 Å². The van der Waals surface area contributed by atoms with E-state index in [0.717, 1.165) is 17.6 Å². The Morgan fingerprint density at radius 3 is 2.83 bits per heavy atom. The summed E-state index contributed by atoms with van der Waals surface area (Å²) in [6, 6.07) is 3.38. The molecule has 0 radical (unpaired) electrons. The summed E-state index contributed by atoms with van der Waals surface area (Å²) in [6.07, 6.45) is -2.14. The van der Waals surface area contributed by atoms with Crippen LogP contribution in [0.3, 0.4) is 0 Å². The molecule has 1 N–H and O–H groups in total. The Kier molecular flexibility index (Phi) is 4.62. The second-order valence-corrected chi connectivity index (χ2v) is 6.48. The molecule has 0 amide bonds. The van der Waals surface area contributed by atoms with Gasteiger partial charge in [0.25, 0.3) is 5.82 Å². The van der Waals surface area contributed by atoms with Gasteiger partial charge in [0.15, 0.2) is 5.65 Å². The number of hydrogen-bond acceptors (Lipinski definition) is 5. The molecular formula is C15H21F3N6. The fourth-order valence-electron chi connectivity index (χ4n) is 3.07. The maximum Gasteiger partial charge on any atom is 0.453 e. The van der Waals surface area contributed by atoms with Crippen molar-refractivity contribution >= 4 is 11.5 Å². The topological polar surface area (TPSA) is 58.3 Å². The van der Waals surface area contributed by atoms with Crippen LogP contribution in [0.2, 0.25) is 0 Å². The highest BCUT2D eigenvalue weighted by molar-refractivity contribution is 5.44. The number of fused-ring (bicyclic) bond motifs is 1. The molecule has 0 aromatic carbocycles. The highest BCUT2D eigenvalue weighted by Gasteiger charge is 2.37. The molecule has 1 fully saturated rings. The van der Waals surface area contributed by atoms with Crippen molar-refractivity contribution in [3.05, 3.63) is 18.0 Å². The molecule has 0 unspecified atom stereocenters. The van der Waals surface area contributed by atoms with Crippen LogP contribution in [0, 0.1) is 5.92 Å². The van der Waals surface area contributed by atoms with Crippen LogP contribution >= 0.6 is 0 Å². The molecule has 9 heteroatoms. The maximum absolute atomic E-state index is 12.9. The Morgan fingerprint density at radius 2 is 2.12 bits per heavy atom. The highest BCUT2D eigenvalue weighted by Crippen LogP contribution is 2.27. The van der Waals surface area contributed by atoms with Gasteiger partial charge in [0.2, 0.25) is 0 Å². The number of alkyl halides is 3. The van der Waals surface area contributed by atoms with E-state index in [1.165, 1.54) is 18.9 Å². The summed E-state index contributed by atoms with van der Waals surface area (Å²) in [6.45, 7) is 7.09. The van der Waals surface area contributed by atoms with E-state index in [9.17, 15) is 13.2 Å². The van der Waals surface area contributed by atoms with E-state index >= 15 is 0 Å². The van der Waals surface area contributed by atoms with Crippen LogP contribution in [0.1, 0.15) is 32.5 Å². The number of nitrogens with one attached hydrogen (secondary N) is 1. The number of rotatable bonds is 4. The summed E-state index contributed by atoms with van der Waals surface area (Å²) < 4.78 is 39.4. The first kappa shape index (κ1) is 16.9. The van der Waals surface area contributed by atoms with Crippen LogP contribution in [-0.4, -0.2) is 50.4 Å². The quantitative estimate of drug-likeness (QED) is 0.926. The normalized spacial score (nSPS) is 21.1. The van der Waals surface area contributed by atoms with Crippen LogP contribution < -0.4 is 5.32 Å². The van der Waals surface area contributed by atoms with Crippen LogP contribution in [0.25, 0.3) is 5.65 Å². The summed E-state index contributed by atoms with van der Waals surface area (Å²) in [5.74, 6) is -0.0502. The van der Waals surface area contributed by atoms with E-state index in [1.54, 1.807) is 6.07 Å². The number of anilines is 1. The zero-order valence-electron chi connectivity index (χ0n) is 13.7. The molecule has 2 atom stereocenters. The lowest BCUT2D eigenvalue weighted by atomic mass is 9.99. The SMILES string of the molecule is C[C@H]1CCCN([C@H](C)CNc2ccc3nnc(C(F)(F)F)n3n2)C1. The van der Waals surface area contributed by atoms with E-state index in [0.29, 0.717) is 18.3 Å². The van der Waals surface area contributed by atoms with Gasteiger partial charge < -0.3 is 5.32 Å². The molecular weight excluding hydrogens is 321 g/mol. The zero-order chi connectivity index (χ0) is 17.3. The van der Waals surface area contributed by atoms with Crippen molar-refractivity contribution in [2.24, 2.45) is 5.92 Å². The third kappa shape index (κ3) is 3.61. The lowest BCUT2D eigenvalue weighted by molar-refractivity contribution is -0.146. The molecule has 0 bridgehead atoms. The molecule has 3 rings (SSSR count). The van der Waals surface area contributed by atoms with Crippen molar-refractivity contribution < 1.29 is 13.2 Å². The first-order chi connectivity index (χ1) is 11.3. The minimum absolute atomic E-state index is 0.0748. The standard InChI is InChI=1S/C15H21F3N6/c1-10-4-3-7-23(9-10)11(2)8-19-12-5-6-13-20-21-14(15(16,17)18)24(13)22-12/h5-6,10-11H,3-4,7-9H2,1-2H3,(H,19,22)/t10-,11+/m0/s1. The minimum Gasteiger partial charge on any atom is -0.367 e. The average molecular weight is 342 g/mol. The molecule has 1 aliphatic heterocycles. The molecule has 0 aliphatic carbocycles. The lowest BCUT2D eigenvalue weighted by Gasteiger charge is -2.35. The first-order valence-corrected chi connectivity index (χ1v) is 8.12. The summed E-state index contributed by atoms with van der Waals surface area (Å²) in [5, 5.41) is 13.8. The van der Waals surface area contributed by atoms with Crippen LogP contribution in [0.15, 0.2) is 12.1 Å². The highest BCUT2D eigenvalue weighted by atomic mass is 19.4. The summed E-state index contributed by atoms with van der Waals surface area (Å²) in [4.78, 5) is 2.40. The Hall–Kier alpha value is -1.90. The molecule has 0 saturated carbocycles. The Labute approximate surface area is 138 Å².